The molecule has 0 aliphatic carbocycles. The zero-order chi connectivity index (χ0) is 21.8. The quantitative estimate of drug-likeness (QED) is 0.635. The fourth-order valence-corrected chi connectivity index (χ4v) is 4.81. The number of hydrogen-bond donors (Lipinski definition) is 1. The van der Waals surface area contributed by atoms with E-state index in [2.05, 4.69) is 5.32 Å². The van der Waals surface area contributed by atoms with Gasteiger partial charge in [-0.1, -0.05) is 30.3 Å². The van der Waals surface area contributed by atoms with E-state index in [1.54, 1.807) is 66.7 Å². The van der Waals surface area contributed by atoms with Crippen LogP contribution < -0.4 is 19.1 Å². The lowest BCUT2D eigenvalue weighted by molar-refractivity contribution is -0.122. The number of carbonyl (C=O) groups excluding carboxylic acids is 1. The number of anilines is 2. The van der Waals surface area contributed by atoms with E-state index >= 15 is 0 Å². The normalized spacial score (nSPS) is 15.5. The molecule has 1 amide bonds. The van der Waals surface area contributed by atoms with E-state index in [-0.39, 0.29) is 11.4 Å². The van der Waals surface area contributed by atoms with Crippen molar-refractivity contribution in [1.29, 1.82) is 0 Å². The second kappa shape index (κ2) is 8.69. The number of rotatable bonds is 6. The number of benzene rings is 3. The topological polar surface area (TPSA) is 84.9 Å². The monoisotopic (exact) mass is 438 g/mol. The predicted molar refractivity (Wildman–Crippen MR) is 118 cm³/mol. The Morgan fingerprint density at radius 3 is 2.42 bits per heavy atom. The molecule has 1 heterocycles. The van der Waals surface area contributed by atoms with Crippen LogP contribution in [0.15, 0.2) is 83.8 Å². The molecule has 3 aromatic rings. The molecule has 1 N–H and O–H groups in total. The maximum atomic E-state index is 13.3. The molecular formula is C23H22N2O5S. The Morgan fingerprint density at radius 2 is 1.71 bits per heavy atom. The third kappa shape index (κ3) is 4.34. The van der Waals surface area contributed by atoms with Gasteiger partial charge < -0.3 is 14.8 Å². The molecule has 0 radical (unpaired) electrons. The summed E-state index contributed by atoms with van der Waals surface area (Å²) in [6.45, 7) is 2.30. The highest BCUT2D eigenvalue weighted by Gasteiger charge is 2.37. The van der Waals surface area contributed by atoms with Crippen LogP contribution in [0.1, 0.15) is 6.92 Å². The van der Waals surface area contributed by atoms with Gasteiger partial charge in [-0.25, -0.2) is 8.42 Å². The third-order valence-electron chi connectivity index (χ3n) is 4.79. The number of amides is 1. The highest BCUT2D eigenvalue weighted by molar-refractivity contribution is 7.92. The molecule has 8 heteroatoms. The van der Waals surface area contributed by atoms with Gasteiger partial charge >= 0.3 is 0 Å². The molecule has 0 saturated heterocycles. The van der Waals surface area contributed by atoms with Crippen molar-refractivity contribution in [3.63, 3.8) is 0 Å². The fourth-order valence-electron chi connectivity index (χ4n) is 3.31. The molecule has 0 fully saturated rings. The first kappa shape index (κ1) is 20.7. The van der Waals surface area contributed by atoms with Gasteiger partial charge in [0.15, 0.2) is 6.10 Å². The van der Waals surface area contributed by atoms with E-state index in [9.17, 15) is 13.2 Å². The van der Waals surface area contributed by atoms with Crippen LogP contribution in [-0.2, 0) is 14.8 Å². The molecule has 0 aromatic heterocycles. The largest absolute Gasteiger partial charge is 0.494 e. The Labute approximate surface area is 181 Å². The van der Waals surface area contributed by atoms with E-state index in [0.29, 0.717) is 29.5 Å². The van der Waals surface area contributed by atoms with Crippen molar-refractivity contribution in [2.24, 2.45) is 0 Å². The lowest BCUT2D eigenvalue weighted by Crippen LogP contribution is -2.48. The summed E-state index contributed by atoms with van der Waals surface area (Å²) in [5.41, 5.74) is 0.963. The summed E-state index contributed by atoms with van der Waals surface area (Å²) in [7, 11) is -3.87. The number of hydrogen-bond acceptors (Lipinski definition) is 5. The Morgan fingerprint density at radius 1 is 1.03 bits per heavy atom. The Hall–Kier alpha value is -3.52. The van der Waals surface area contributed by atoms with Crippen molar-refractivity contribution in [2.75, 3.05) is 22.8 Å². The van der Waals surface area contributed by atoms with Crippen LogP contribution in [0, 0.1) is 0 Å². The predicted octanol–water partition coefficient (Wildman–Crippen LogP) is 3.68. The smallest absolute Gasteiger partial charge is 0.267 e. The first-order valence-electron chi connectivity index (χ1n) is 9.86. The van der Waals surface area contributed by atoms with Crippen LogP contribution >= 0.6 is 0 Å². The minimum Gasteiger partial charge on any atom is -0.494 e. The maximum absolute atomic E-state index is 13.3. The first-order valence-corrected chi connectivity index (χ1v) is 11.3. The molecule has 1 aliphatic heterocycles. The van der Waals surface area contributed by atoms with Gasteiger partial charge in [0, 0.05) is 5.69 Å². The van der Waals surface area contributed by atoms with Gasteiger partial charge in [0.2, 0.25) is 0 Å². The number of nitrogens with one attached hydrogen (secondary N) is 1. The highest BCUT2D eigenvalue weighted by atomic mass is 32.2. The van der Waals surface area contributed by atoms with Crippen LogP contribution in [-0.4, -0.2) is 33.6 Å². The summed E-state index contributed by atoms with van der Waals surface area (Å²) < 4.78 is 39.1. The average molecular weight is 439 g/mol. The number of fused-ring (bicyclic) bond motifs is 1. The van der Waals surface area contributed by atoms with Crippen molar-refractivity contribution in [3.05, 3.63) is 78.9 Å². The van der Waals surface area contributed by atoms with Crippen molar-refractivity contribution < 1.29 is 22.7 Å². The van der Waals surface area contributed by atoms with E-state index in [4.69, 9.17) is 9.47 Å². The molecular weight excluding hydrogens is 416 g/mol. The summed E-state index contributed by atoms with van der Waals surface area (Å²) in [5, 5.41) is 2.78. The minimum atomic E-state index is -3.87. The van der Waals surface area contributed by atoms with Gasteiger partial charge in [-0.15, -0.1) is 0 Å². The second-order valence-electron chi connectivity index (χ2n) is 6.87. The van der Waals surface area contributed by atoms with E-state index in [0.717, 1.165) is 0 Å². The van der Waals surface area contributed by atoms with Gasteiger partial charge in [0.05, 0.1) is 23.7 Å². The van der Waals surface area contributed by atoms with Crippen LogP contribution in [0.25, 0.3) is 0 Å². The number of nitrogens with zero attached hydrogens (tertiary/aromatic N) is 1. The summed E-state index contributed by atoms with van der Waals surface area (Å²) in [6.07, 6.45) is -1.01. The van der Waals surface area contributed by atoms with Crippen LogP contribution in [0.2, 0.25) is 0 Å². The highest BCUT2D eigenvalue weighted by Crippen LogP contribution is 2.37. The Balaban J connectivity index is 1.60. The molecule has 3 aromatic carbocycles. The van der Waals surface area contributed by atoms with Crippen molar-refractivity contribution in [1.82, 2.24) is 0 Å². The van der Waals surface area contributed by atoms with E-state index in [1.807, 2.05) is 6.92 Å². The van der Waals surface area contributed by atoms with E-state index in [1.165, 1.54) is 16.4 Å². The van der Waals surface area contributed by atoms with Gasteiger partial charge in [-0.3, -0.25) is 9.10 Å². The molecule has 0 spiro atoms. The molecule has 1 aliphatic rings. The van der Waals surface area contributed by atoms with Gasteiger partial charge in [-0.05, 0) is 55.5 Å². The first-order chi connectivity index (χ1) is 15.0. The summed E-state index contributed by atoms with van der Waals surface area (Å²) in [5.74, 6) is 0.593. The zero-order valence-electron chi connectivity index (χ0n) is 16.9. The molecule has 0 bridgehead atoms. The van der Waals surface area contributed by atoms with Crippen molar-refractivity contribution in [2.45, 2.75) is 17.9 Å². The maximum Gasteiger partial charge on any atom is 0.267 e. The second-order valence-corrected chi connectivity index (χ2v) is 8.73. The zero-order valence-corrected chi connectivity index (χ0v) is 17.7. The average Bonchev–Trinajstić information content (AvgIpc) is 2.80. The van der Waals surface area contributed by atoms with Crippen LogP contribution in [0.4, 0.5) is 11.4 Å². The Bertz CT molecular complexity index is 1160. The summed E-state index contributed by atoms with van der Waals surface area (Å²) >= 11 is 0. The standard InChI is InChI=1S/C23H22N2O5S/c1-2-29-18-14-12-17(13-15-18)24-23(26)22-16-25(20-10-6-7-11-21(20)30-22)31(27,28)19-8-4-3-5-9-19/h3-15,22H,2,16H2,1H3,(H,24,26)/t22-/m1/s1. The van der Waals surface area contributed by atoms with Gasteiger partial charge in [0.1, 0.15) is 11.5 Å². The van der Waals surface area contributed by atoms with Gasteiger partial charge in [0.25, 0.3) is 15.9 Å². The third-order valence-corrected chi connectivity index (χ3v) is 6.59. The lowest BCUT2D eigenvalue weighted by Gasteiger charge is -2.34. The molecule has 0 saturated carbocycles. The van der Waals surface area contributed by atoms with E-state index < -0.39 is 22.0 Å². The van der Waals surface area contributed by atoms with Crippen molar-refractivity contribution >= 4 is 27.3 Å². The van der Waals surface area contributed by atoms with Crippen LogP contribution in [0.3, 0.4) is 0 Å². The number of carbonyl (C=O) groups is 1. The molecule has 31 heavy (non-hydrogen) atoms. The Kier molecular flexibility index (Phi) is 5.81. The molecule has 4 rings (SSSR count). The lowest BCUT2D eigenvalue weighted by atomic mass is 10.2. The van der Waals surface area contributed by atoms with Crippen molar-refractivity contribution in [3.8, 4) is 11.5 Å². The van der Waals surface area contributed by atoms with Gasteiger partial charge in [-0.2, -0.15) is 0 Å². The minimum absolute atomic E-state index is 0.142. The SMILES string of the molecule is CCOc1ccc(NC(=O)[C@H]2CN(S(=O)(=O)c3ccccc3)c3ccccc3O2)cc1. The molecule has 7 nitrogen and oxygen atoms in total. The summed E-state index contributed by atoms with van der Waals surface area (Å²) in [6, 6.07) is 21.9. The molecule has 0 unspecified atom stereocenters. The number of para-hydroxylation sites is 2. The fraction of sp³-hybridized carbons (Fsp3) is 0.174. The molecule has 160 valence electrons. The van der Waals surface area contributed by atoms with Crippen LogP contribution in [0.5, 0.6) is 11.5 Å². The summed E-state index contributed by atoms with van der Waals surface area (Å²) in [4.78, 5) is 13.1. The molecule has 1 atom stereocenters. The number of sulfonamides is 1. The number of ether oxygens (including phenoxy) is 2.